The molecule has 0 atom stereocenters. The first-order chi connectivity index (χ1) is 11.0. The fraction of sp³-hybridized carbons (Fsp3) is 0.176. The summed E-state index contributed by atoms with van der Waals surface area (Å²) in [7, 11) is 0. The Hall–Kier alpha value is -2.53. The van der Waals surface area contributed by atoms with E-state index in [4.69, 9.17) is 21.4 Å². The predicted octanol–water partition coefficient (Wildman–Crippen LogP) is 2.66. The summed E-state index contributed by atoms with van der Waals surface area (Å²) in [5.41, 5.74) is 1.71. The Morgan fingerprint density at radius 3 is 2.48 bits per heavy atom. The maximum absolute atomic E-state index is 11.6. The van der Waals surface area contributed by atoms with E-state index < -0.39 is 12.5 Å². The smallest absolute Gasteiger partial charge is 0.322 e. The zero-order valence-corrected chi connectivity index (χ0v) is 13.0. The molecule has 2 aromatic rings. The Bertz CT molecular complexity index is 688. The summed E-state index contributed by atoms with van der Waals surface area (Å²) >= 11 is 6.16. The normalized spacial score (nSPS) is 10.1. The third-order valence-electron chi connectivity index (χ3n) is 3.03. The van der Waals surface area contributed by atoms with Gasteiger partial charge in [-0.2, -0.15) is 0 Å². The lowest BCUT2D eigenvalue weighted by Crippen LogP contribution is -2.30. The van der Waals surface area contributed by atoms with Crippen molar-refractivity contribution in [3.8, 4) is 5.75 Å². The molecule has 0 spiro atoms. The Balaban J connectivity index is 1.92. The van der Waals surface area contributed by atoms with E-state index in [1.165, 1.54) is 0 Å². The molecular formula is C17H16ClNO4. The molecule has 0 bridgehead atoms. The molecule has 2 N–H and O–H groups in total. The number of aliphatic carboxylic acids is 1. The van der Waals surface area contributed by atoms with Crippen molar-refractivity contribution in [1.82, 2.24) is 5.32 Å². The molecule has 120 valence electrons. The van der Waals surface area contributed by atoms with Crippen molar-refractivity contribution in [3.63, 3.8) is 0 Å². The topological polar surface area (TPSA) is 75.6 Å². The highest BCUT2D eigenvalue weighted by Crippen LogP contribution is 2.26. The summed E-state index contributed by atoms with van der Waals surface area (Å²) in [6.45, 7) is 0.00381. The number of carboxylic acids is 1. The second-order valence-corrected chi connectivity index (χ2v) is 5.29. The van der Waals surface area contributed by atoms with Crippen molar-refractivity contribution < 1.29 is 19.4 Å². The number of carbonyl (C=O) groups excluding carboxylic acids is 1. The molecule has 0 saturated carbocycles. The molecule has 6 heteroatoms. The van der Waals surface area contributed by atoms with Crippen LogP contribution in [0.25, 0.3) is 0 Å². The number of carboxylic acid groups (broad SMARTS) is 1. The number of benzene rings is 2. The summed E-state index contributed by atoms with van der Waals surface area (Å²) in [5.74, 6) is -0.923. The molecule has 0 heterocycles. The van der Waals surface area contributed by atoms with E-state index in [-0.39, 0.29) is 12.3 Å². The van der Waals surface area contributed by atoms with Gasteiger partial charge in [0.05, 0.1) is 11.4 Å². The van der Waals surface area contributed by atoms with Crippen LogP contribution in [0.1, 0.15) is 11.1 Å². The average molecular weight is 334 g/mol. The lowest BCUT2D eigenvalue weighted by Gasteiger charge is -2.10. The van der Waals surface area contributed by atoms with Crippen LogP contribution in [0.5, 0.6) is 5.75 Å². The van der Waals surface area contributed by atoms with E-state index in [1.807, 2.05) is 30.3 Å². The lowest BCUT2D eigenvalue weighted by atomic mass is 10.1. The number of hydrogen-bond donors (Lipinski definition) is 2. The minimum Gasteiger partial charge on any atom is -0.487 e. The molecule has 0 saturated heterocycles. The van der Waals surface area contributed by atoms with Gasteiger partial charge in [0.15, 0.2) is 0 Å². The van der Waals surface area contributed by atoms with Gasteiger partial charge in [-0.25, -0.2) is 0 Å². The molecule has 2 aromatic carbocycles. The lowest BCUT2D eigenvalue weighted by molar-refractivity contribution is -0.137. The largest absolute Gasteiger partial charge is 0.487 e. The Morgan fingerprint density at radius 1 is 1.09 bits per heavy atom. The molecule has 2 rings (SSSR count). The van der Waals surface area contributed by atoms with Crippen LogP contribution in [0, 0.1) is 0 Å². The quantitative estimate of drug-likeness (QED) is 0.816. The highest BCUT2D eigenvalue weighted by Gasteiger charge is 2.08. The third-order valence-corrected chi connectivity index (χ3v) is 3.33. The number of ether oxygens (including phenoxy) is 1. The molecule has 0 aliphatic rings. The molecule has 5 nitrogen and oxygen atoms in total. The summed E-state index contributed by atoms with van der Waals surface area (Å²) in [6, 6.07) is 14.8. The van der Waals surface area contributed by atoms with Crippen molar-refractivity contribution in [2.75, 3.05) is 6.54 Å². The monoisotopic (exact) mass is 333 g/mol. The number of carbonyl (C=O) groups is 2. The maximum Gasteiger partial charge on any atom is 0.322 e. The van der Waals surface area contributed by atoms with Crippen molar-refractivity contribution in [2.24, 2.45) is 0 Å². The summed E-state index contributed by atoms with van der Waals surface area (Å²) < 4.78 is 5.65. The molecule has 0 unspecified atom stereocenters. The fourth-order valence-corrected chi connectivity index (χ4v) is 2.19. The van der Waals surface area contributed by atoms with Crippen molar-refractivity contribution in [1.29, 1.82) is 0 Å². The first-order valence-corrected chi connectivity index (χ1v) is 7.36. The van der Waals surface area contributed by atoms with Crippen LogP contribution in [0.15, 0.2) is 48.5 Å². The standard InChI is InChI=1S/C17H16ClNO4/c18-14-8-13(9-16(20)19-10-17(21)22)6-7-15(14)23-11-12-4-2-1-3-5-12/h1-8H,9-11H2,(H,19,20)(H,21,22). The minimum absolute atomic E-state index is 0.0615. The number of hydrogen-bond acceptors (Lipinski definition) is 3. The Kier molecular flexibility index (Phi) is 6.00. The van der Waals surface area contributed by atoms with Crippen LogP contribution in [-0.4, -0.2) is 23.5 Å². The summed E-state index contributed by atoms with van der Waals surface area (Å²) in [5, 5.41) is 11.2. The summed E-state index contributed by atoms with van der Waals surface area (Å²) in [4.78, 5) is 22.0. The zero-order valence-electron chi connectivity index (χ0n) is 12.3. The summed E-state index contributed by atoms with van der Waals surface area (Å²) in [6.07, 6.45) is 0.0615. The van der Waals surface area contributed by atoms with Gasteiger partial charge in [0.25, 0.3) is 0 Å². The number of amides is 1. The van der Waals surface area contributed by atoms with Crippen LogP contribution in [-0.2, 0) is 22.6 Å². The minimum atomic E-state index is -1.08. The second kappa shape index (κ2) is 8.19. The maximum atomic E-state index is 11.6. The van der Waals surface area contributed by atoms with Gasteiger partial charge in [-0.1, -0.05) is 48.0 Å². The molecule has 23 heavy (non-hydrogen) atoms. The van der Waals surface area contributed by atoms with Gasteiger partial charge in [0.1, 0.15) is 18.9 Å². The van der Waals surface area contributed by atoms with Gasteiger partial charge in [-0.3, -0.25) is 9.59 Å². The average Bonchev–Trinajstić information content (AvgIpc) is 2.53. The highest BCUT2D eigenvalue weighted by molar-refractivity contribution is 6.32. The van der Waals surface area contributed by atoms with Crippen molar-refractivity contribution in [2.45, 2.75) is 13.0 Å². The van der Waals surface area contributed by atoms with E-state index in [0.29, 0.717) is 22.9 Å². The van der Waals surface area contributed by atoms with Crippen LogP contribution < -0.4 is 10.1 Å². The second-order valence-electron chi connectivity index (χ2n) is 4.89. The number of rotatable bonds is 7. The first kappa shape index (κ1) is 16.8. The van der Waals surface area contributed by atoms with E-state index in [2.05, 4.69) is 5.32 Å². The van der Waals surface area contributed by atoms with Gasteiger partial charge in [-0.15, -0.1) is 0 Å². The van der Waals surface area contributed by atoms with Crippen LogP contribution in [0.4, 0.5) is 0 Å². The molecule has 1 amide bonds. The SMILES string of the molecule is O=C(O)CNC(=O)Cc1ccc(OCc2ccccc2)c(Cl)c1. The predicted molar refractivity (Wildman–Crippen MR) is 86.6 cm³/mol. The molecule has 0 fully saturated rings. The van der Waals surface area contributed by atoms with Crippen LogP contribution >= 0.6 is 11.6 Å². The first-order valence-electron chi connectivity index (χ1n) is 6.98. The van der Waals surface area contributed by atoms with Gasteiger partial charge >= 0.3 is 5.97 Å². The van der Waals surface area contributed by atoms with Gasteiger partial charge in [-0.05, 0) is 23.3 Å². The molecular weight excluding hydrogens is 318 g/mol. The van der Waals surface area contributed by atoms with Crippen molar-refractivity contribution in [3.05, 3.63) is 64.7 Å². The van der Waals surface area contributed by atoms with Crippen LogP contribution in [0.3, 0.4) is 0 Å². The molecule has 0 radical (unpaired) electrons. The molecule has 0 aliphatic carbocycles. The Morgan fingerprint density at radius 2 is 1.83 bits per heavy atom. The van der Waals surface area contributed by atoms with Gasteiger partial charge in [0, 0.05) is 0 Å². The third kappa shape index (κ3) is 5.64. The highest BCUT2D eigenvalue weighted by atomic mass is 35.5. The van der Waals surface area contributed by atoms with E-state index in [1.54, 1.807) is 18.2 Å². The van der Waals surface area contributed by atoms with E-state index >= 15 is 0 Å². The van der Waals surface area contributed by atoms with Gasteiger partial charge in [0.2, 0.25) is 5.91 Å². The van der Waals surface area contributed by atoms with E-state index in [0.717, 1.165) is 5.56 Å². The molecule has 0 aliphatic heterocycles. The zero-order chi connectivity index (χ0) is 16.7. The number of nitrogens with one attached hydrogen (secondary N) is 1. The number of halogens is 1. The van der Waals surface area contributed by atoms with Gasteiger partial charge < -0.3 is 15.2 Å². The van der Waals surface area contributed by atoms with Crippen LogP contribution in [0.2, 0.25) is 5.02 Å². The molecule has 0 aromatic heterocycles. The van der Waals surface area contributed by atoms with Crippen molar-refractivity contribution >= 4 is 23.5 Å². The fourth-order valence-electron chi connectivity index (χ4n) is 1.93. The Labute approximate surface area is 138 Å². The van der Waals surface area contributed by atoms with E-state index in [9.17, 15) is 9.59 Å².